The van der Waals surface area contributed by atoms with E-state index < -0.39 is 0 Å². The summed E-state index contributed by atoms with van der Waals surface area (Å²) in [5.41, 5.74) is 2.00. The number of amides is 1. The van der Waals surface area contributed by atoms with Crippen molar-refractivity contribution < 1.29 is 9.53 Å². The van der Waals surface area contributed by atoms with Gasteiger partial charge in [0.25, 0.3) is 0 Å². The molecule has 0 unspecified atom stereocenters. The summed E-state index contributed by atoms with van der Waals surface area (Å²) in [7, 11) is 0. The zero-order chi connectivity index (χ0) is 15.8. The molecule has 0 atom stereocenters. The predicted octanol–water partition coefficient (Wildman–Crippen LogP) is 4.00. The fraction of sp³-hybridized carbons (Fsp3) is 0.188. The Morgan fingerprint density at radius 1 is 1.26 bits per heavy atom. The second-order valence-electron chi connectivity index (χ2n) is 5.24. The number of rotatable bonds is 2. The number of benzene rings is 1. The first-order valence-corrected chi connectivity index (χ1v) is 8.28. The van der Waals surface area contributed by atoms with Gasteiger partial charge in [-0.25, -0.2) is 14.8 Å². The molecule has 116 valence electrons. The van der Waals surface area contributed by atoms with E-state index in [1.54, 1.807) is 16.2 Å². The molecular formula is C16H12ClN3O2S. The molecular weight excluding hydrogens is 334 g/mol. The van der Waals surface area contributed by atoms with Crippen molar-refractivity contribution in [1.29, 1.82) is 0 Å². The lowest BCUT2D eigenvalue weighted by atomic mass is 10.2. The molecule has 3 aromatic rings. The van der Waals surface area contributed by atoms with E-state index in [1.165, 1.54) is 6.33 Å². The minimum atomic E-state index is -0.321. The monoisotopic (exact) mass is 345 g/mol. The number of nitrogens with zero attached hydrogens (tertiary/aromatic N) is 3. The van der Waals surface area contributed by atoms with Crippen LogP contribution >= 0.6 is 22.9 Å². The maximum atomic E-state index is 12.3. The van der Waals surface area contributed by atoms with Crippen molar-refractivity contribution in [3.63, 3.8) is 0 Å². The lowest BCUT2D eigenvalue weighted by Gasteiger charge is -2.15. The van der Waals surface area contributed by atoms with Gasteiger partial charge >= 0.3 is 6.09 Å². The molecule has 2 aromatic heterocycles. The van der Waals surface area contributed by atoms with Crippen molar-refractivity contribution in [2.75, 3.05) is 0 Å². The van der Waals surface area contributed by atoms with Crippen molar-refractivity contribution >= 4 is 39.2 Å². The summed E-state index contributed by atoms with van der Waals surface area (Å²) in [4.78, 5) is 24.2. The Balaban J connectivity index is 1.48. The van der Waals surface area contributed by atoms with E-state index in [2.05, 4.69) is 9.97 Å². The second-order valence-corrected chi connectivity index (χ2v) is 6.69. The van der Waals surface area contributed by atoms with Gasteiger partial charge in [0.2, 0.25) is 0 Å². The highest BCUT2D eigenvalue weighted by atomic mass is 35.5. The zero-order valence-corrected chi connectivity index (χ0v) is 13.6. The van der Waals surface area contributed by atoms with Crippen LogP contribution < -0.4 is 0 Å². The van der Waals surface area contributed by atoms with Gasteiger partial charge in [0, 0.05) is 4.88 Å². The second kappa shape index (κ2) is 5.79. The number of carbonyl (C=O) groups is 1. The third-order valence-electron chi connectivity index (χ3n) is 3.77. The molecule has 0 saturated carbocycles. The van der Waals surface area contributed by atoms with Gasteiger partial charge in [-0.05, 0) is 11.1 Å². The van der Waals surface area contributed by atoms with Crippen LogP contribution in [0.3, 0.4) is 0 Å². The van der Waals surface area contributed by atoms with Crippen molar-refractivity contribution in [3.8, 4) is 0 Å². The van der Waals surface area contributed by atoms with Gasteiger partial charge in [0.05, 0.1) is 18.5 Å². The average molecular weight is 346 g/mol. The molecule has 3 heterocycles. The van der Waals surface area contributed by atoms with Crippen molar-refractivity contribution in [2.45, 2.75) is 19.7 Å². The van der Waals surface area contributed by atoms with Crippen molar-refractivity contribution in [1.82, 2.24) is 14.9 Å². The van der Waals surface area contributed by atoms with Gasteiger partial charge in [0.1, 0.15) is 22.9 Å². The summed E-state index contributed by atoms with van der Waals surface area (Å²) in [6, 6.07) is 9.63. The van der Waals surface area contributed by atoms with Gasteiger partial charge < -0.3 is 4.74 Å². The standard InChI is InChI=1S/C16H12ClN3O2S/c17-14-13-11-6-20(7-12(11)23-15(13)19-9-18-14)16(21)22-8-10-4-2-1-3-5-10/h1-5,9H,6-8H2. The van der Waals surface area contributed by atoms with E-state index in [0.717, 1.165) is 26.2 Å². The van der Waals surface area contributed by atoms with Crippen LogP contribution in [0.2, 0.25) is 5.15 Å². The lowest BCUT2D eigenvalue weighted by Crippen LogP contribution is -2.26. The lowest BCUT2D eigenvalue weighted by molar-refractivity contribution is 0.0957. The Hall–Kier alpha value is -2.18. The normalized spacial score (nSPS) is 13.3. The first kappa shape index (κ1) is 14.4. The Morgan fingerprint density at radius 3 is 2.91 bits per heavy atom. The van der Waals surface area contributed by atoms with Gasteiger partial charge in [-0.15, -0.1) is 11.3 Å². The molecule has 4 rings (SSSR count). The number of aromatic nitrogens is 2. The first-order chi connectivity index (χ1) is 11.2. The van der Waals surface area contributed by atoms with Crippen LogP contribution in [-0.2, 0) is 24.4 Å². The number of hydrogen-bond acceptors (Lipinski definition) is 5. The van der Waals surface area contributed by atoms with E-state index in [9.17, 15) is 4.79 Å². The average Bonchev–Trinajstić information content (AvgIpc) is 3.11. The van der Waals surface area contributed by atoms with Crippen LogP contribution in [0, 0.1) is 0 Å². The van der Waals surface area contributed by atoms with Crippen LogP contribution in [0.4, 0.5) is 4.79 Å². The molecule has 0 radical (unpaired) electrons. The number of carbonyl (C=O) groups excluding carboxylic acids is 1. The fourth-order valence-corrected chi connectivity index (χ4v) is 4.12. The SMILES string of the molecule is O=C(OCc1ccccc1)N1Cc2sc3ncnc(Cl)c3c2C1. The molecule has 0 spiro atoms. The largest absolute Gasteiger partial charge is 0.445 e. The van der Waals surface area contributed by atoms with Crippen LogP contribution in [0.15, 0.2) is 36.7 Å². The number of halogens is 1. The van der Waals surface area contributed by atoms with Gasteiger partial charge in [-0.2, -0.15) is 0 Å². The summed E-state index contributed by atoms with van der Waals surface area (Å²) in [6.45, 7) is 1.28. The molecule has 0 N–H and O–H groups in total. The molecule has 0 aliphatic carbocycles. The van der Waals surface area contributed by atoms with Gasteiger partial charge in [-0.3, -0.25) is 4.90 Å². The molecule has 7 heteroatoms. The Labute approximate surface area is 141 Å². The third-order valence-corrected chi connectivity index (χ3v) is 5.18. The highest BCUT2D eigenvalue weighted by Gasteiger charge is 2.29. The molecule has 1 amide bonds. The molecule has 23 heavy (non-hydrogen) atoms. The molecule has 0 fully saturated rings. The fourth-order valence-electron chi connectivity index (χ4n) is 2.65. The van der Waals surface area contributed by atoms with Gasteiger partial charge in [-0.1, -0.05) is 41.9 Å². The smallest absolute Gasteiger partial charge is 0.410 e. The number of fused-ring (bicyclic) bond motifs is 3. The Morgan fingerprint density at radius 2 is 2.09 bits per heavy atom. The molecule has 1 aromatic carbocycles. The highest BCUT2D eigenvalue weighted by Crippen LogP contribution is 2.39. The van der Waals surface area contributed by atoms with E-state index in [0.29, 0.717) is 18.2 Å². The van der Waals surface area contributed by atoms with Crippen LogP contribution in [-0.4, -0.2) is 21.0 Å². The minimum absolute atomic E-state index is 0.272. The predicted molar refractivity (Wildman–Crippen MR) is 88.3 cm³/mol. The van der Waals surface area contributed by atoms with Crippen molar-refractivity contribution in [3.05, 3.63) is 57.8 Å². The minimum Gasteiger partial charge on any atom is -0.445 e. The van der Waals surface area contributed by atoms with Crippen LogP contribution in [0.1, 0.15) is 16.0 Å². The molecule has 0 bridgehead atoms. The quantitative estimate of drug-likeness (QED) is 0.659. The summed E-state index contributed by atoms with van der Waals surface area (Å²) in [5, 5.41) is 1.29. The molecule has 1 aliphatic rings. The maximum absolute atomic E-state index is 12.3. The summed E-state index contributed by atoms with van der Waals surface area (Å²) < 4.78 is 5.38. The first-order valence-electron chi connectivity index (χ1n) is 7.09. The maximum Gasteiger partial charge on any atom is 0.410 e. The molecule has 5 nitrogen and oxygen atoms in total. The van der Waals surface area contributed by atoms with Crippen LogP contribution in [0.5, 0.6) is 0 Å². The Bertz CT molecular complexity index is 882. The summed E-state index contributed by atoms with van der Waals surface area (Å²) in [5.74, 6) is 0. The van der Waals surface area contributed by atoms with Crippen molar-refractivity contribution in [2.24, 2.45) is 0 Å². The third kappa shape index (κ3) is 2.64. The molecule has 1 aliphatic heterocycles. The Kier molecular flexibility index (Phi) is 3.63. The highest BCUT2D eigenvalue weighted by molar-refractivity contribution is 7.19. The van der Waals surface area contributed by atoms with E-state index in [1.807, 2.05) is 30.3 Å². The van der Waals surface area contributed by atoms with E-state index >= 15 is 0 Å². The topological polar surface area (TPSA) is 55.3 Å². The number of hydrogen-bond donors (Lipinski definition) is 0. The molecule has 0 saturated heterocycles. The number of ether oxygens (including phenoxy) is 1. The van der Waals surface area contributed by atoms with Crippen LogP contribution in [0.25, 0.3) is 10.2 Å². The summed E-state index contributed by atoms with van der Waals surface area (Å²) in [6.07, 6.45) is 1.14. The van der Waals surface area contributed by atoms with Gasteiger partial charge in [0.15, 0.2) is 0 Å². The van der Waals surface area contributed by atoms with E-state index in [4.69, 9.17) is 16.3 Å². The summed E-state index contributed by atoms with van der Waals surface area (Å²) >= 11 is 7.72. The zero-order valence-electron chi connectivity index (χ0n) is 12.0. The van der Waals surface area contributed by atoms with E-state index in [-0.39, 0.29) is 12.7 Å². The number of thiophene rings is 1.